The summed E-state index contributed by atoms with van der Waals surface area (Å²) in [5, 5.41) is 0. The fourth-order valence-electron chi connectivity index (χ4n) is 10.9. The molecule has 7 saturated carbocycles. The maximum atomic E-state index is 5.94. The van der Waals surface area contributed by atoms with Gasteiger partial charge in [0.15, 0.2) is 0 Å². The van der Waals surface area contributed by atoms with Crippen LogP contribution in [0.4, 0.5) is 0 Å². The van der Waals surface area contributed by atoms with E-state index in [2.05, 4.69) is 0 Å². The molecular weight excluding hydrogens is 296 g/mol. The second kappa shape index (κ2) is 4.42. The van der Waals surface area contributed by atoms with E-state index in [1.165, 1.54) is 25.7 Å². The zero-order valence-corrected chi connectivity index (χ0v) is 15.1. The molecule has 0 unspecified atom stereocenters. The van der Waals surface area contributed by atoms with Crippen molar-refractivity contribution in [3.05, 3.63) is 0 Å². The number of methoxy groups -OCH3 is 2. The van der Waals surface area contributed by atoms with E-state index in [0.717, 1.165) is 71.0 Å². The largest absolute Gasteiger partial charge is 0.381 e. The van der Waals surface area contributed by atoms with Gasteiger partial charge >= 0.3 is 0 Å². The van der Waals surface area contributed by atoms with Gasteiger partial charge < -0.3 is 9.47 Å². The Morgan fingerprint density at radius 1 is 0.458 bits per heavy atom. The van der Waals surface area contributed by atoms with Crippen LogP contribution in [-0.2, 0) is 9.47 Å². The van der Waals surface area contributed by atoms with E-state index in [1.807, 2.05) is 14.2 Å². The predicted octanol–water partition coefficient (Wildman–Crippen LogP) is 3.85. The van der Waals surface area contributed by atoms with Crippen LogP contribution >= 0.6 is 0 Å². The highest BCUT2D eigenvalue weighted by Gasteiger charge is 2.77. The van der Waals surface area contributed by atoms with Gasteiger partial charge in [0.25, 0.3) is 0 Å². The van der Waals surface area contributed by atoms with Gasteiger partial charge in [0, 0.05) is 14.2 Å². The average Bonchev–Trinajstić information content (AvgIpc) is 3.34. The molecule has 0 N–H and O–H groups in total. The minimum atomic E-state index is 0.606. The van der Waals surface area contributed by atoms with Crippen molar-refractivity contribution in [1.29, 1.82) is 0 Å². The molecule has 0 spiro atoms. The predicted molar refractivity (Wildman–Crippen MR) is 91.2 cm³/mol. The number of hydrogen-bond donors (Lipinski definition) is 0. The molecule has 7 aliphatic rings. The van der Waals surface area contributed by atoms with E-state index in [-0.39, 0.29) is 0 Å². The van der Waals surface area contributed by atoms with Crippen LogP contribution in [0.2, 0.25) is 0 Å². The normalized spacial score (nSPS) is 70.2. The molecule has 14 atom stereocenters. The van der Waals surface area contributed by atoms with Gasteiger partial charge in [-0.3, -0.25) is 0 Å². The molecule has 0 amide bonds. The molecule has 2 heteroatoms. The minimum Gasteiger partial charge on any atom is -0.381 e. The molecule has 0 heterocycles. The molecule has 4 bridgehead atoms. The third-order valence-corrected chi connectivity index (χ3v) is 11.0. The van der Waals surface area contributed by atoms with Gasteiger partial charge in [-0.1, -0.05) is 0 Å². The molecule has 7 aliphatic carbocycles. The van der Waals surface area contributed by atoms with E-state index in [4.69, 9.17) is 9.47 Å². The highest BCUT2D eigenvalue weighted by atomic mass is 16.5. The van der Waals surface area contributed by atoms with Gasteiger partial charge in [-0.05, 0) is 110 Å². The van der Waals surface area contributed by atoms with E-state index < -0.39 is 0 Å². The monoisotopic (exact) mass is 328 g/mol. The summed E-state index contributed by atoms with van der Waals surface area (Å²) in [7, 11) is 3.95. The molecule has 0 aromatic carbocycles. The van der Waals surface area contributed by atoms with Crippen LogP contribution in [0.15, 0.2) is 0 Å². The van der Waals surface area contributed by atoms with E-state index >= 15 is 0 Å². The topological polar surface area (TPSA) is 18.5 Å². The zero-order chi connectivity index (χ0) is 15.7. The Bertz CT molecular complexity index is 524. The van der Waals surface area contributed by atoms with Crippen molar-refractivity contribution in [2.45, 2.75) is 50.7 Å². The lowest BCUT2D eigenvalue weighted by Crippen LogP contribution is -2.59. The highest BCUT2D eigenvalue weighted by molar-refractivity contribution is 5.25. The summed E-state index contributed by atoms with van der Waals surface area (Å²) in [5.74, 6) is 12.8. The van der Waals surface area contributed by atoms with Crippen LogP contribution in [0.5, 0.6) is 0 Å². The zero-order valence-electron chi connectivity index (χ0n) is 15.1. The first-order valence-electron chi connectivity index (χ1n) is 10.9. The van der Waals surface area contributed by atoms with E-state index in [9.17, 15) is 0 Å². The van der Waals surface area contributed by atoms with Crippen molar-refractivity contribution in [3.63, 3.8) is 0 Å². The van der Waals surface area contributed by atoms with Crippen molar-refractivity contribution in [2.75, 3.05) is 14.2 Å². The Hall–Kier alpha value is -0.0800. The first kappa shape index (κ1) is 14.0. The summed E-state index contributed by atoms with van der Waals surface area (Å²) >= 11 is 0. The first-order valence-corrected chi connectivity index (χ1v) is 10.9. The number of hydrogen-bond acceptors (Lipinski definition) is 2. The number of ether oxygens (including phenoxy) is 2. The van der Waals surface area contributed by atoms with Crippen LogP contribution in [0.1, 0.15) is 38.5 Å². The summed E-state index contributed by atoms with van der Waals surface area (Å²) in [6.07, 6.45) is 10.1. The van der Waals surface area contributed by atoms with Crippen molar-refractivity contribution in [1.82, 2.24) is 0 Å². The van der Waals surface area contributed by atoms with Gasteiger partial charge in [-0.25, -0.2) is 0 Å². The van der Waals surface area contributed by atoms with Crippen LogP contribution in [0.25, 0.3) is 0 Å². The minimum absolute atomic E-state index is 0.606. The quantitative estimate of drug-likeness (QED) is 0.717. The molecule has 7 rings (SSSR count). The third-order valence-electron chi connectivity index (χ3n) is 11.0. The Morgan fingerprint density at radius 2 is 0.875 bits per heavy atom. The van der Waals surface area contributed by atoms with Crippen molar-refractivity contribution in [3.8, 4) is 0 Å². The fourth-order valence-corrected chi connectivity index (χ4v) is 10.9. The van der Waals surface area contributed by atoms with Crippen molar-refractivity contribution in [2.24, 2.45) is 71.0 Å². The fraction of sp³-hybridized carbons (Fsp3) is 1.00. The molecule has 132 valence electrons. The standard InChI is InChI=1S/C22H32O2/c1-23-15-5-3-9-11-7-13(17(9)15)21-19(11)20-12-8-14(22(20)21)18-10(12)4-6-16(18)24-2/h9-22H,3-8H2,1-2H3/t9-,10-,11-,12-,13+,14+,15-,16-,17-,18-,19+,20+,21+,22+/m1/s1. The maximum Gasteiger partial charge on any atom is 0.0605 e. The van der Waals surface area contributed by atoms with Crippen LogP contribution < -0.4 is 0 Å². The Kier molecular flexibility index (Phi) is 2.58. The number of fused-ring (bicyclic) bond motifs is 18. The molecule has 0 aromatic rings. The highest BCUT2D eigenvalue weighted by Crippen LogP contribution is 2.81. The lowest BCUT2D eigenvalue weighted by atomic mass is 9.43. The van der Waals surface area contributed by atoms with Crippen molar-refractivity contribution < 1.29 is 9.47 Å². The van der Waals surface area contributed by atoms with Gasteiger partial charge in [-0.15, -0.1) is 0 Å². The molecular formula is C22H32O2. The molecule has 0 aromatic heterocycles. The summed E-state index contributed by atoms with van der Waals surface area (Å²) in [4.78, 5) is 0. The van der Waals surface area contributed by atoms with E-state index in [1.54, 1.807) is 12.8 Å². The second-order valence-corrected chi connectivity index (χ2v) is 10.6. The first-order chi connectivity index (χ1) is 11.8. The van der Waals surface area contributed by atoms with Gasteiger partial charge in [-0.2, -0.15) is 0 Å². The SMILES string of the molecule is CO[C@@H]1CC[C@@H]2[C@H]3C[C@H]([C@H]4[C@@H]3[C@@H]3[C@@H]5C[C@H]([C@@H]34)[C@H]3[C@@H]5CC[C@H]3OC)[C@@H]21. The molecule has 0 aliphatic heterocycles. The lowest BCUT2D eigenvalue weighted by Gasteiger charge is -2.61. The maximum absolute atomic E-state index is 5.94. The van der Waals surface area contributed by atoms with Crippen LogP contribution in [-0.4, -0.2) is 26.4 Å². The Balaban J connectivity index is 1.23. The summed E-state index contributed by atoms with van der Waals surface area (Å²) < 4.78 is 11.9. The van der Waals surface area contributed by atoms with E-state index in [0.29, 0.717) is 12.2 Å². The molecule has 7 fully saturated rings. The molecule has 24 heavy (non-hydrogen) atoms. The lowest BCUT2D eigenvalue weighted by molar-refractivity contribution is -0.158. The third kappa shape index (κ3) is 1.30. The summed E-state index contributed by atoms with van der Waals surface area (Å²) in [5.41, 5.74) is 0. The summed E-state index contributed by atoms with van der Waals surface area (Å²) in [6.45, 7) is 0. The van der Waals surface area contributed by atoms with Gasteiger partial charge in [0.1, 0.15) is 0 Å². The second-order valence-electron chi connectivity index (χ2n) is 10.6. The molecule has 2 nitrogen and oxygen atoms in total. The Morgan fingerprint density at radius 3 is 1.29 bits per heavy atom. The van der Waals surface area contributed by atoms with Gasteiger partial charge in [0.2, 0.25) is 0 Å². The molecule has 0 radical (unpaired) electrons. The smallest absolute Gasteiger partial charge is 0.0605 e. The Labute approximate surface area is 146 Å². The summed E-state index contributed by atoms with van der Waals surface area (Å²) in [6, 6.07) is 0. The molecule has 0 saturated heterocycles. The van der Waals surface area contributed by atoms with Crippen molar-refractivity contribution >= 4 is 0 Å². The number of rotatable bonds is 2. The van der Waals surface area contributed by atoms with Crippen LogP contribution in [0, 0.1) is 71.0 Å². The van der Waals surface area contributed by atoms with Gasteiger partial charge in [0.05, 0.1) is 12.2 Å². The van der Waals surface area contributed by atoms with Crippen LogP contribution in [0.3, 0.4) is 0 Å². The average molecular weight is 328 g/mol.